The first-order valence-electron chi connectivity index (χ1n) is 6.06. The monoisotopic (exact) mass is 236 g/mol. The Morgan fingerprint density at radius 3 is 2.53 bits per heavy atom. The molecule has 1 N–H and O–H groups in total. The number of hydrogen-bond donors (Lipinski definition) is 1. The number of ether oxygens (including phenoxy) is 1. The van der Waals surface area contributed by atoms with E-state index >= 15 is 0 Å². The van der Waals surface area contributed by atoms with Crippen LogP contribution < -0.4 is 0 Å². The van der Waals surface area contributed by atoms with E-state index in [1.54, 1.807) is 6.92 Å². The van der Waals surface area contributed by atoms with Crippen molar-refractivity contribution in [2.24, 2.45) is 5.92 Å². The summed E-state index contributed by atoms with van der Waals surface area (Å²) in [6, 6.07) is 9.55. The van der Waals surface area contributed by atoms with Crippen LogP contribution in [0.3, 0.4) is 0 Å². The maximum atomic E-state index is 11.1. The van der Waals surface area contributed by atoms with E-state index in [4.69, 9.17) is 9.84 Å². The molecule has 0 aliphatic heterocycles. The van der Waals surface area contributed by atoms with Crippen LogP contribution in [0.25, 0.3) is 0 Å². The molecule has 1 aromatic carbocycles. The average molecular weight is 236 g/mol. The van der Waals surface area contributed by atoms with Crippen molar-refractivity contribution in [3.63, 3.8) is 0 Å². The SMILES string of the molecule is CCCCOC(c1ccccc1)C(C)C(=O)O. The second-order valence-corrected chi connectivity index (χ2v) is 4.18. The number of unbranched alkanes of at least 4 members (excludes halogenated alkanes) is 1. The Balaban J connectivity index is 2.75. The minimum absolute atomic E-state index is 0.361. The summed E-state index contributed by atoms with van der Waals surface area (Å²) in [5.41, 5.74) is 0.929. The summed E-state index contributed by atoms with van der Waals surface area (Å²) in [5.74, 6) is -1.36. The van der Waals surface area contributed by atoms with E-state index in [1.165, 1.54) is 0 Å². The summed E-state index contributed by atoms with van der Waals surface area (Å²) in [5, 5.41) is 9.09. The normalized spacial score (nSPS) is 14.2. The molecule has 0 aliphatic rings. The zero-order chi connectivity index (χ0) is 12.7. The first kappa shape index (κ1) is 13.7. The number of benzene rings is 1. The molecule has 2 atom stereocenters. The van der Waals surface area contributed by atoms with Gasteiger partial charge in [0.25, 0.3) is 0 Å². The summed E-state index contributed by atoms with van der Waals surface area (Å²) in [6.45, 7) is 4.38. The molecule has 0 spiro atoms. The van der Waals surface area contributed by atoms with Crippen molar-refractivity contribution in [1.29, 1.82) is 0 Å². The molecule has 0 fully saturated rings. The van der Waals surface area contributed by atoms with Crippen molar-refractivity contribution in [1.82, 2.24) is 0 Å². The Bertz CT molecular complexity index is 335. The zero-order valence-electron chi connectivity index (χ0n) is 10.4. The van der Waals surface area contributed by atoms with E-state index in [9.17, 15) is 4.79 Å². The molecule has 1 rings (SSSR count). The van der Waals surface area contributed by atoms with Crippen LogP contribution in [0.1, 0.15) is 38.4 Å². The smallest absolute Gasteiger partial charge is 0.309 e. The van der Waals surface area contributed by atoms with Crippen molar-refractivity contribution in [2.75, 3.05) is 6.61 Å². The van der Waals surface area contributed by atoms with Crippen molar-refractivity contribution in [3.8, 4) is 0 Å². The lowest BCUT2D eigenvalue weighted by molar-refractivity contribution is -0.147. The zero-order valence-corrected chi connectivity index (χ0v) is 10.4. The lowest BCUT2D eigenvalue weighted by Crippen LogP contribution is -2.21. The van der Waals surface area contributed by atoms with Gasteiger partial charge in [0.05, 0.1) is 12.0 Å². The molecule has 0 bridgehead atoms. The predicted octanol–water partition coefficient (Wildman–Crippen LogP) is 3.27. The van der Waals surface area contributed by atoms with Crippen molar-refractivity contribution < 1.29 is 14.6 Å². The second kappa shape index (κ2) is 7.07. The molecule has 3 heteroatoms. The number of rotatable bonds is 7. The van der Waals surface area contributed by atoms with E-state index in [1.807, 2.05) is 30.3 Å². The Morgan fingerprint density at radius 2 is 2.00 bits per heavy atom. The van der Waals surface area contributed by atoms with Crippen LogP contribution >= 0.6 is 0 Å². The Kier molecular flexibility index (Phi) is 5.70. The van der Waals surface area contributed by atoms with Gasteiger partial charge in [0.1, 0.15) is 0 Å². The third-order valence-electron chi connectivity index (χ3n) is 2.77. The van der Waals surface area contributed by atoms with Crippen molar-refractivity contribution in [2.45, 2.75) is 32.8 Å². The fourth-order valence-corrected chi connectivity index (χ4v) is 1.66. The van der Waals surface area contributed by atoms with Gasteiger partial charge in [-0.15, -0.1) is 0 Å². The van der Waals surface area contributed by atoms with Crippen LogP contribution in [0, 0.1) is 5.92 Å². The third kappa shape index (κ3) is 4.19. The molecule has 0 saturated carbocycles. The number of carboxylic acid groups (broad SMARTS) is 1. The lowest BCUT2D eigenvalue weighted by atomic mass is 9.97. The van der Waals surface area contributed by atoms with Gasteiger partial charge in [-0.3, -0.25) is 4.79 Å². The van der Waals surface area contributed by atoms with Gasteiger partial charge < -0.3 is 9.84 Å². The predicted molar refractivity (Wildman–Crippen MR) is 66.8 cm³/mol. The van der Waals surface area contributed by atoms with Gasteiger partial charge in [-0.1, -0.05) is 43.7 Å². The molecular weight excluding hydrogens is 216 g/mol. The van der Waals surface area contributed by atoms with Crippen LogP contribution in [-0.4, -0.2) is 17.7 Å². The van der Waals surface area contributed by atoms with Gasteiger partial charge in [0.15, 0.2) is 0 Å². The molecule has 0 amide bonds. The Hall–Kier alpha value is -1.35. The second-order valence-electron chi connectivity index (χ2n) is 4.18. The van der Waals surface area contributed by atoms with Crippen LogP contribution in [0.2, 0.25) is 0 Å². The molecule has 94 valence electrons. The van der Waals surface area contributed by atoms with E-state index in [-0.39, 0.29) is 6.10 Å². The quantitative estimate of drug-likeness (QED) is 0.739. The van der Waals surface area contributed by atoms with Crippen LogP contribution in [-0.2, 0) is 9.53 Å². The molecule has 0 aliphatic carbocycles. The molecule has 3 nitrogen and oxygen atoms in total. The van der Waals surface area contributed by atoms with Crippen LogP contribution in [0.5, 0.6) is 0 Å². The van der Waals surface area contributed by atoms with Crippen molar-refractivity contribution in [3.05, 3.63) is 35.9 Å². The fraction of sp³-hybridized carbons (Fsp3) is 0.500. The van der Waals surface area contributed by atoms with Gasteiger partial charge in [-0.05, 0) is 18.9 Å². The molecule has 0 saturated heterocycles. The largest absolute Gasteiger partial charge is 0.481 e. The van der Waals surface area contributed by atoms with Crippen LogP contribution in [0.15, 0.2) is 30.3 Å². The highest BCUT2D eigenvalue weighted by Crippen LogP contribution is 2.26. The summed E-state index contributed by atoms with van der Waals surface area (Å²) >= 11 is 0. The molecule has 0 radical (unpaired) electrons. The standard InChI is InChI=1S/C14H20O3/c1-3-4-10-17-13(11(2)14(15)16)12-8-6-5-7-9-12/h5-9,11,13H,3-4,10H2,1-2H3,(H,15,16). The summed E-state index contributed by atoms with van der Waals surface area (Å²) in [4.78, 5) is 11.1. The molecule has 17 heavy (non-hydrogen) atoms. The number of aliphatic carboxylic acids is 1. The fourth-order valence-electron chi connectivity index (χ4n) is 1.66. The first-order chi connectivity index (χ1) is 8.16. The average Bonchev–Trinajstić information content (AvgIpc) is 2.35. The van der Waals surface area contributed by atoms with Gasteiger partial charge in [0.2, 0.25) is 0 Å². The topological polar surface area (TPSA) is 46.5 Å². The lowest BCUT2D eigenvalue weighted by Gasteiger charge is -2.22. The van der Waals surface area contributed by atoms with Crippen molar-refractivity contribution >= 4 is 5.97 Å². The minimum Gasteiger partial charge on any atom is -0.481 e. The van der Waals surface area contributed by atoms with Gasteiger partial charge >= 0.3 is 5.97 Å². The summed E-state index contributed by atoms with van der Waals surface area (Å²) < 4.78 is 5.71. The van der Waals surface area contributed by atoms with E-state index in [0.717, 1.165) is 18.4 Å². The number of carboxylic acids is 1. The highest BCUT2D eigenvalue weighted by Gasteiger charge is 2.25. The highest BCUT2D eigenvalue weighted by molar-refractivity contribution is 5.70. The van der Waals surface area contributed by atoms with Gasteiger partial charge in [-0.25, -0.2) is 0 Å². The third-order valence-corrected chi connectivity index (χ3v) is 2.77. The van der Waals surface area contributed by atoms with Gasteiger partial charge in [0, 0.05) is 6.61 Å². The Morgan fingerprint density at radius 1 is 1.35 bits per heavy atom. The number of carbonyl (C=O) groups is 1. The maximum Gasteiger partial charge on any atom is 0.309 e. The molecule has 2 unspecified atom stereocenters. The van der Waals surface area contributed by atoms with E-state index < -0.39 is 11.9 Å². The Labute approximate surface area is 102 Å². The summed E-state index contributed by atoms with van der Waals surface area (Å²) in [7, 11) is 0. The molecular formula is C14H20O3. The minimum atomic E-state index is -0.824. The molecule has 1 aromatic rings. The van der Waals surface area contributed by atoms with E-state index in [0.29, 0.717) is 6.61 Å². The van der Waals surface area contributed by atoms with Gasteiger partial charge in [-0.2, -0.15) is 0 Å². The molecule has 0 heterocycles. The maximum absolute atomic E-state index is 11.1. The van der Waals surface area contributed by atoms with Crippen LogP contribution in [0.4, 0.5) is 0 Å². The number of hydrogen-bond acceptors (Lipinski definition) is 2. The first-order valence-corrected chi connectivity index (χ1v) is 6.06. The summed E-state index contributed by atoms with van der Waals surface area (Å²) in [6.07, 6.45) is 1.64. The molecule has 0 aromatic heterocycles. The highest BCUT2D eigenvalue weighted by atomic mass is 16.5. The van der Waals surface area contributed by atoms with E-state index in [2.05, 4.69) is 6.92 Å².